The van der Waals surface area contributed by atoms with Gasteiger partial charge in [0, 0.05) is 32.7 Å². The Hall–Kier alpha value is -2.11. The van der Waals surface area contributed by atoms with Crippen molar-refractivity contribution in [3.05, 3.63) is 35.6 Å². The van der Waals surface area contributed by atoms with E-state index in [-0.39, 0.29) is 11.8 Å². The number of hydrogen-bond donors (Lipinski definition) is 1. The van der Waals surface area contributed by atoms with Gasteiger partial charge in [-0.3, -0.25) is 4.79 Å². The second-order valence-electron chi connectivity index (χ2n) is 4.70. The van der Waals surface area contributed by atoms with E-state index in [1.54, 1.807) is 28.0 Å². The van der Waals surface area contributed by atoms with Crippen molar-refractivity contribution in [2.75, 3.05) is 32.7 Å². The Bertz CT molecular complexity index is 473. The molecule has 0 aliphatic carbocycles. The van der Waals surface area contributed by atoms with Gasteiger partial charge in [0.1, 0.15) is 5.82 Å². The van der Waals surface area contributed by atoms with Gasteiger partial charge in [0.15, 0.2) is 0 Å². The second-order valence-corrected chi connectivity index (χ2v) is 4.70. The summed E-state index contributed by atoms with van der Waals surface area (Å²) in [5.74, 6) is -0.249. The first-order chi connectivity index (χ1) is 9.70. The molecule has 1 aliphatic rings. The number of carbonyl (C=O) groups excluding carboxylic acids is 2. The molecule has 1 aliphatic heterocycles. The SMILES string of the molecule is O=CN1CCN(C(=O)NCCc2ccccc2F)CC1. The lowest BCUT2D eigenvalue weighted by atomic mass is 10.1. The van der Waals surface area contributed by atoms with Gasteiger partial charge in [-0.25, -0.2) is 9.18 Å². The zero-order valence-electron chi connectivity index (χ0n) is 11.2. The van der Waals surface area contributed by atoms with E-state index in [0.717, 1.165) is 6.41 Å². The van der Waals surface area contributed by atoms with Crippen molar-refractivity contribution in [2.24, 2.45) is 0 Å². The summed E-state index contributed by atoms with van der Waals surface area (Å²) in [6.07, 6.45) is 1.26. The third kappa shape index (κ3) is 3.69. The molecule has 1 aromatic rings. The number of urea groups is 1. The van der Waals surface area contributed by atoms with Crippen molar-refractivity contribution in [1.29, 1.82) is 0 Å². The predicted molar refractivity (Wildman–Crippen MR) is 72.7 cm³/mol. The largest absolute Gasteiger partial charge is 0.342 e. The maximum absolute atomic E-state index is 13.4. The summed E-state index contributed by atoms with van der Waals surface area (Å²) in [6, 6.07) is 6.38. The van der Waals surface area contributed by atoms with E-state index in [4.69, 9.17) is 0 Å². The van der Waals surface area contributed by atoms with Crippen molar-refractivity contribution in [1.82, 2.24) is 15.1 Å². The van der Waals surface area contributed by atoms with Crippen LogP contribution in [0.15, 0.2) is 24.3 Å². The summed E-state index contributed by atoms with van der Waals surface area (Å²) in [5.41, 5.74) is 0.596. The Morgan fingerprint density at radius 3 is 2.60 bits per heavy atom. The van der Waals surface area contributed by atoms with Crippen LogP contribution in [0.2, 0.25) is 0 Å². The Morgan fingerprint density at radius 2 is 1.95 bits per heavy atom. The minimum atomic E-state index is -0.249. The minimum absolute atomic E-state index is 0.160. The van der Waals surface area contributed by atoms with Crippen LogP contribution in [-0.4, -0.2) is 55.0 Å². The highest BCUT2D eigenvalue weighted by Gasteiger charge is 2.19. The highest BCUT2D eigenvalue weighted by atomic mass is 19.1. The minimum Gasteiger partial charge on any atom is -0.342 e. The van der Waals surface area contributed by atoms with Crippen molar-refractivity contribution < 1.29 is 14.0 Å². The average Bonchev–Trinajstić information content (AvgIpc) is 2.49. The number of amides is 3. The Morgan fingerprint density at radius 1 is 1.25 bits per heavy atom. The van der Waals surface area contributed by atoms with Gasteiger partial charge in [0.25, 0.3) is 0 Å². The van der Waals surface area contributed by atoms with Crippen molar-refractivity contribution >= 4 is 12.4 Å². The van der Waals surface area contributed by atoms with Gasteiger partial charge in [-0.05, 0) is 18.1 Å². The van der Waals surface area contributed by atoms with Crippen LogP contribution in [-0.2, 0) is 11.2 Å². The molecule has 1 fully saturated rings. The molecule has 1 saturated heterocycles. The van der Waals surface area contributed by atoms with Crippen LogP contribution in [0.1, 0.15) is 5.56 Å². The molecular weight excluding hydrogens is 261 g/mol. The highest BCUT2D eigenvalue weighted by Crippen LogP contribution is 2.06. The quantitative estimate of drug-likeness (QED) is 0.831. The molecule has 0 radical (unpaired) electrons. The van der Waals surface area contributed by atoms with Crippen molar-refractivity contribution in [3.63, 3.8) is 0 Å². The van der Waals surface area contributed by atoms with Gasteiger partial charge in [-0.1, -0.05) is 18.2 Å². The van der Waals surface area contributed by atoms with E-state index in [2.05, 4.69) is 5.32 Å². The van der Waals surface area contributed by atoms with E-state index in [1.807, 2.05) is 0 Å². The summed E-state index contributed by atoms with van der Waals surface area (Å²) in [6.45, 7) is 2.58. The lowest BCUT2D eigenvalue weighted by Crippen LogP contribution is -2.51. The van der Waals surface area contributed by atoms with Crippen LogP contribution >= 0.6 is 0 Å². The standard InChI is InChI=1S/C14H18FN3O2/c15-13-4-2-1-3-12(13)5-6-16-14(20)18-9-7-17(11-19)8-10-18/h1-4,11H,5-10H2,(H,16,20). The Balaban J connectivity index is 1.73. The number of piperazine rings is 1. The molecular formula is C14H18FN3O2. The normalized spacial score (nSPS) is 15.1. The number of nitrogens with one attached hydrogen (secondary N) is 1. The molecule has 3 amide bonds. The van der Waals surface area contributed by atoms with Crippen LogP contribution < -0.4 is 5.32 Å². The summed E-state index contributed by atoms with van der Waals surface area (Å²) < 4.78 is 13.4. The monoisotopic (exact) mass is 279 g/mol. The molecule has 0 bridgehead atoms. The Labute approximate surface area is 117 Å². The fraction of sp³-hybridized carbons (Fsp3) is 0.429. The fourth-order valence-electron chi connectivity index (χ4n) is 2.15. The molecule has 2 rings (SSSR count). The summed E-state index contributed by atoms with van der Waals surface area (Å²) in [4.78, 5) is 25.8. The van der Waals surface area contributed by atoms with E-state index < -0.39 is 0 Å². The first-order valence-corrected chi connectivity index (χ1v) is 6.66. The van der Waals surface area contributed by atoms with Crippen LogP contribution in [0.5, 0.6) is 0 Å². The number of carbonyl (C=O) groups is 2. The number of rotatable bonds is 4. The topological polar surface area (TPSA) is 52.7 Å². The number of halogens is 1. The molecule has 108 valence electrons. The number of benzene rings is 1. The van der Waals surface area contributed by atoms with Crippen LogP contribution in [0.4, 0.5) is 9.18 Å². The van der Waals surface area contributed by atoms with Crippen LogP contribution in [0, 0.1) is 5.82 Å². The van der Waals surface area contributed by atoms with Crippen molar-refractivity contribution in [2.45, 2.75) is 6.42 Å². The first kappa shape index (κ1) is 14.3. The van der Waals surface area contributed by atoms with Gasteiger partial charge >= 0.3 is 6.03 Å². The highest BCUT2D eigenvalue weighted by molar-refractivity contribution is 5.74. The first-order valence-electron chi connectivity index (χ1n) is 6.66. The van der Waals surface area contributed by atoms with Gasteiger partial charge in [0.05, 0.1) is 0 Å². The van der Waals surface area contributed by atoms with E-state index in [1.165, 1.54) is 6.07 Å². The number of nitrogens with zero attached hydrogens (tertiary/aromatic N) is 2. The van der Waals surface area contributed by atoms with Gasteiger partial charge in [-0.15, -0.1) is 0 Å². The molecule has 0 atom stereocenters. The van der Waals surface area contributed by atoms with E-state index in [0.29, 0.717) is 44.7 Å². The van der Waals surface area contributed by atoms with E-state index >= 15 is 0 Å². The summed E-state index contributed by atoms with van der Waals surface area (Å²) in [5, 5.41) is 2.77. The third-order valence-electron chi connectivity index (χ3n) is 3.38. The smallest absolute Gasteiger partial charge is 0.317 e. The molecule has 1 aromatic carbocycles. The molecule has 1 N–H and O–H groups in total. The average molecular weight is 279 g/mol. The molecule has 0 unspecified atom stereocenters. The molecule has 0 spiro atoms. The summed E-state index contributed by atoms with van der Waals surface area (Å²) >= 11 is 0. The lowest BCUT2D eigenvalue weighted by Gasteiger charge is -2.32. The third-order valence-corrected chi connectivity index (χ3v) is 3.38. The molecule has 1 heterocycles. The van der Waals surface area contributed by atoms with Crippen LogP contribution in [0.25, 0.3) is 0 Å². The fourth-order valence-corrected chi connectivity index (χ4v) is 2.15. The van der Waals surface area contributed by atoms with Gasteiger partial charge in [-0.2, -0.15) is 0 Å². The second kappa shape index (κ2) is 6.88. The number of hydrogen-bond acceptors (Lipinski definition) is 2. The lowest BCUT2D eigenvalue weighted by molar-refractivity contribution is -0.119. The predicted octanol–water partition coefficient (Wildman–Crippen LogP) is 0.852. The molecule has 6 heteroatoms. The molecule has 5 nitrogen and oxygen atoms in total. The zero-order chi connectivity index (χ0) is 14.4. The summed E-state index contributed by atoms with van der Waals surface area (Å²) in [7, 11) is 0. The zero-order valence-corrected chi connectivity index (χ0v) is 11.2. The maximum atomic E-state index is 13.4. The van der Waals surface area contributed by atoms with Crippen LogP contribution in [0.3, 0.4) is 0 Å². The molecule has 0 aromatic heterocycles. The van der Waals surface area contributed by atoms with Gasteiger partial charge < -0.3 is 15.1 Å². The van der Waals surface area contributed by atoms with Gasteiger partial charge in [0.2, 0.25) is 6.41 Å². The van der Waals surface area contributed by atoms with Crippen molar-refractivity contribution in [3.8, 4) is 0 Å². The van der Waals surface area contributed by atoms with E-state index in [9.17, 15) is 14.0 Å². The maximum Gasteiger partial charge on any atom is 0.317 e. The Kier molecular flexibility index (Phi) is 4.92. The molecule has 0 saturated carbocycles. The molecule has 20 heavy (non-hydrogen) atoms.